The van der Waals surface area contributed by atoms with E-state index in [1.807, 2.05) is 18.2 Å². The highest BCUT2D eigenvalue weighted by molar-refractivity contribution is 5.44. The zero-order valence-corrected chi connectivity index (χ0v) is 11.6. The summed E-state index contributed by atoms with van der Waals surface area (Å²) in [5, 5.41) is 0. The van der Waals surface area contributed by atoms with Gasteiger partial charge in [-0.3, -0.25) is 0 Å². The number of benzene rings is 1. The number of ether oxygens (including phenoxy) is 2. The van der Waals surface area contributed by atoms with Crippen LogP contribution in [0.3, 0.4) is 0 Å². The van der Waals surface area contributed by atoms with Crippen LogP contribution in [-0.2, 0) is 13.0 Å². The second-order valence-corrected chi connectivity index (χ2v) is 4.27. The van der Waals surface area contributed by atoms with Gasteiger partial charge in [0.05, 0.1) is 14.2 Å². The molecule has 20 heavy (non-hydrogen) atoms. The van der Waals surface area contributed by atoms with Crippen molar-refractivity contribution in [3.05, 3.63) is 41.3 Å². The summed E-state index contributed by atoms with van der Waals surface area (Å²) in [4.78, 5) is 8.51. The molecule has 0 aliphatic heterocycles. The number of anilines is 1. The first-order valence-corrected chi connectivity index (χ1v) is 6.19. The minimum atomic E-state index is 0.336. The highest BCUT2D eigenvalue weighted by Crippen LogP contribution is 2.28. The van der Waals surface area contributed by atoms with Crippen LogP contribution in [0, 0.1) is 0 Å². The number of methoxy groups -OCH3 is 2. The monoisotopic (exact) mass is 274 g/mol. The minimum absolute atomic E-state index is 0.336. The van der Waals surface area contributed by atoms with Crippen molar-refractivity contribution in [3.63, 3.8) is 0 Å². The number of rotatable bonds is 5. The largest absolute Gasteiger partial charge is 0.493 e. The Morgan fingerprint density at radius 3 is 2.50 bits per heavy atom. The van der Waals surface area contributed by atoms with Gasteiger partial charge in [-0.05, 0) is 17.7 Å². The van der Waals surface area contributed by atoms with Crippen LogP contribution in [0.25, 0.3) is 0 Å². The lowest BCUT2D eigenvalue weighted by molar-refractivity contribution is 0.354. The predicted octanol–water partition coefficient (Wildman–Crippen LogP) is 1.13. The fourth-order valence-electron chi connectivity index (χ4n) is 1.87. The van der Waals surface area contributed by atoms with E-state index in [0.29, 0.717) is 36.1 Å². The number of aromatic nitrogens is 2. The zero-order chi connectivity index (χ0) is 14.5. The molecule has 4 N–H and O–H groups in total. The Labute approximate surface area is 117 Å². The maximum atomic E-state index is 5.81. The number of nitrogen functional groups attached to an aromatic ring is 1. The molecule has 0 radical (unpaired) electrons. The molecule has 0 aliphatic carbocycles. The SMILES string of the molecule is COc1ccc(Cc2ncc(CN)c(N)n2)cc1OC. The molecule has 0 fully saturated rings. The van der Waals surface area contributed by atoms with Crippen molar-refractivity contribution < 1.29 is 9.47 Å². The van der Waals surface area contributed by atoms with Crippen LogP contribution >= 0.6 is 0 Å². The Bertz CT molecular complexity index is 602. The Kier molecular flexibility index (Phi) is 4.37. The van der Waals surface area contributed by atoms with Crippen LogP contribution < -0.4 is 20.9 Å². The van der Waals surface area contributed by atoms with Crippen LogP contribution in [0.4, 0.5) is 5.82 Å². The average Bonchev–Trinajstić information content (AvgIpc) is 2.47. The fraction of sp³-hybridized carbons (Fsp3) is 0.286. The van der Waals surface area contributed by atoms with Crippen LogP contribution in [0.5, 0.6) is 11.5 Å². The van der Waals surface area contributed by atoms with Gasteiger partial charge in [0.25, 0.3) is 0 Å². The van der Waals surface area contributed by atoms with Gasteiger partial charge in [-0.25, -0.2) is 9.97 Å². The summed E-state index contributed by atoms with van der Waals surface area (Å²) in [5.74, 6) is 2.44. The molecular weight excluding hydrogens is 256 g/mol. The second kappa shape index (κ2) is 6.21. The zero-order valence-electron chi connectivity index (χ0n) is 11.6. The minimum Gasteiger partial charge on any atom is -0.493 e. The van der Waals surface area contributed by atoms with E-state index in [9.17, 15) is 0 Å². The Morgan fingerprint density at radius 2 is 1.90 bits per heavy atom. The van der Waals surface area contributed by atoms with Gasteiger partial charge in [0, 0.05) is 24.7 Å². The standard InChI is InChI=1S/C14H18N4O2/c1-19-11-4-3-9(5-12(11)20-2)6-13-17-8-10(7-15)14(16)18-13/h3-5,8H,6-7,15H2,1-2H3,(H2,16,17,18). The molecule has 0 aliphatic rings. The third-order valence-corrected chi connectivity index (χ3v) is 2.98. The summed E-state index contributed by atoms with van der Waals surface area (Å²) in [6, 6.07) is 5.69. The van der Waals surface area contributed by atoms with Crippen LogP contribution in [0.1, 0.15) is 17.0 Å². The van der Waals surface area contributed by atoms with Crippen molar-refractivity contribution in [2.75, 3.05) is 20.0 Å². The molecule has 0 saturated carbocycles. The quantitative estimate of drug-likeness (QED) is 0.848. The smallest absolute Gasteiger partial charge is 0.161 e. The van der Waals surface area contributed by atoms with E-state index < -0.39 is 0 Å². The molecule has 0 bridgehead atoms. The average molecular weight is 274 g/mol. The summed E-state index contributed by atoms with van der Waals surface area (Å²) in [5.41, 5.74) is 13.1. The number of hydrogen-bond donors (Lipinski definition) is 2. The van der Waals surface area contributed by atoms with Crippen molar-refractivity contribution in [1.82, 2.24) is 9.97 Å². The lowest BCUT2D eigenvalue weighted by atomic mass is 10.1. The summed E-state index contributed by atoms with van der Waals surface area (Å²) in [6.07, 6.45) is 2.23. The Morgan fingerprint density at radius 1 is 1.15 bits per heavy atom. The molecular formula is C14H18N4O2. The second-order valence-electron chi connectivity index (χ2n) is 4.27. The lowest BCUT2D eigenvalue weighted by Gasteiger charge is -2.09. The van der Waals surface area contributed by atoms with E-state index >= 15 is 0 Å². The third kappa shape index (κ3) is 2.97. The van der Waals surface area contributed by atoms with E-state index in [2.05, 4.69) is 9.97 Å². The normalized spacial score (nSPS) is 10.3. The van der Waals surface area contributed by atoms with E-state index in [-0.39, 0.29) is 0 Å². The molecule has 6 nitrogen and oxygen atoms in total. The van der Waals surface area contributed by atoms with Crippen LogP contribution in [0.2, 0.25) is 0 Å². The molecule has 1 heterocycles. The molecule has 0 amide bonds. The first kappa shape index (κ1) is 14.1. The summed E-state index contributed by atoms with van der Waals surface area (Å²) in [6.45, 7) is 0.336. The van der Waals surface area contributed by atoms with Crippen LogP contribution in [-0.4, -0.2) is 24.2 Å². The van der Waals surface area contributed by atoms with Gasteiger partial charge in [0.15, 0.2) is 11.5 Å². The molecule has 0 saturated heterocycles. The van der Waals surface area contributed by atoms with Gasteiger partial charge in [0.1, 0.15) is 11.6 Å². The van der Waals surface area contributed by atoms with Gasteiger partial charge < -0.3 is 20.9 Å². The lowest BCUT2D eigenvalue weighted by Crippen LogP contribution is -2.07. The van der Waals surface area contributed by atoms with Crippen molar-refractivity contribution in [2.24, 2.45) is 5.73 Å². The van der Waals surface area contributed by atoms with E-state index in [4.69, 9.17) is 20.9 Å². The summed E-state index contributed by atoms with van der Waals surface area (Å²) in [7, 11) is 3.21. The first-order valence-electron chi connectivity index (χ1n) is 6.19. The van der Waals surface area contributed by atoms with Gasteiger partial charge in [0.2, 0.25) is 0 Å². The van der Waals surface area contributed by atoms with Gasteiger partial charge in [-0.15, -0.1) is 0 Å². The van der Waals surface area contributed by atoms with Gasteiger partial charge >= 0.3 is 0 Å². The molecule has 106 valence electrons. The van der Waals surface area contributed by atoms with E-state index in [1.54, 1.807) is 20.4 Å². The Balaban J connectivity index is 2.23. The molecule has 0 unspecified atom stereocenters. The third-order valence-electron chi connectivity index (χ3n) is 2.98. The first-order chi connectivity index (χ1) is 9.67. The summed E-state index contributed by atoms with van der Waals surface area (Å²) >= 11 is 0. The van der Waals surface area contributed by atoms with Gasteiger partial charge in [-0.2, -0.15) is 0 Å². The highest BCUT2D eigenvalue weighted by Gasteiger charge is 2.08. The number of hydrogen-bond acceptors (Lipinski definition) is 6. The predicted molar refractivity (Wildman–Crippen MR) is 76.7 cm³/mol. The van der Waals surface area contributed by atoms with Crippen molar-refractivity contribution in [3.8, 4) is 11.5 Å². The molecule has 1 aromatic carbocycles. The molecule has 0 spiro atoms. The van der Waals surface area contributed by atoms with Crippen molar-refractivity contribution in [2.45, 2.75) is 13.0 Å². The molecule has 2 rings (SSSR count). The van der Waals surface area contributed by atoms with Crippen molar-refractivity contribution >= 4 is 5.82 Å². The summed E-state index contributed by atoms with van der Waals surface area (Å²) < 4.78 is 10.5. The number of nitrogens with two attached hydrogens (primary N) is 2. The fourth-order valence-corrected chi connectivity index (χ4v) is 1.87. The highest BCUT2D eigenvalue weighted by atomic mass is 16.5. The topological polar surface area (TPSA) is 96.3 Å². The van der Waals surface area contributed by atoms with Gasteiger partial charge in [-0.1, -0.05) is 6.07 Å². The maximum Gasteiger partial charge on any atom is 0.161 e. The number of nitrogens with zero attached hydrogens (tertiary/aromatic N) is 2. The maximum absolute atomic E-state index is 5.81. The molecule has 0 atom stereocenters. The van der Waals surface area contributed by atoms with E-state index in [1.165, 1.54) is 0 Å². The van der Waals surface area contributed by atoms with E-state index in [0.717, 1.165) is 11.1 Å². The van der Waals surface area contributed by atoms with Crippen molar-refractivity contribution in [1.29, 1.82) is 0 Å². The Hall–Kier alpha value is -2.34. The van der Waals surface area contributed by atoms with Crippen LogP contribution in [0.15, 0.2) is 24.4 Å². The molecule has 1 aromatic heterocycles. The molecule has 2 aromatic rings. The molecule has 6 heteroatoms.